The summed E-state index contributed by atoms with van der Waals surface area (Å²) < 4.78 is 0. The van der Waals surface area contributed by atoms with Crippen LogP contribution in [-0.2, 0) is 0 Å². The van der Waals surface area contributed by atoms with E-state index in [1.165, 1.54) is 72.4 Å². The van der Waals surface area contributed by atoms with Crippen LogP contribution >= 0.6 is 45.3 Å². The second kappa shape index (κ2) is 5.81. The zero-order valence-corrected chi connectivity index (χ0v) is 19.2. The van der Waals surface area contributed by atoms with E-state index in [0.29, 0.717) is 0 Å². The van der Waals surface area contributed by atoms with Gasteiger partial charge < -0.3 is 0 Å². The number of hydrogen-bond acceptors (Lipinski definition) is 4. The third-order valence-corrected chi connectivity index (χ3v) is 9.75. The van der Waals surface area contributed by atoms with E-state index in [0.717, 1.165) is 0 Å². The Balaban J connectivity index is 1.69. The quantitative estimate of drug-likeness (QED) is 0.211. The van der Waals surface area contributed by atoms with Gasteiger partial charge in [0.05, 0.1) is 19.5 Å². The Morgan fingerprint density at radius 2 is 0.714 bits per heavy atom. The fourth-order valence-electron chi connectivity index (χ4n) is 4.16. The molecular weight excluding hydrogens is 417 g/mol. The molecule has 0 saturated heterocycles. The number of rotatable bonds is 0. The largest absolute Gasteiger partial charge is 0.139 e. The first kappa shape index (κ1) is 17.0. The number of aryl methyl sites for hydroxylation is 4. The van der Waals surface area contributed by atoms with Crippen molar-refractivity contribution in [1.29, 1.82) is 0 Å². The van der Waals surface area contributed by atoms with Gasteiger partial charge in [-0.05, 0) is 52.0 Å². The Bertz CT molecular complexity index is 1210. The van der Waals surface area contributed by atoms with Gasteiger partial charge in [-0.25, -0.2) is 0 Å². The third kappa shape index (κ3) is 2.28. The summed E-state index contributed by atoms with van der Waals surface area (Å²) in [6.07, 6.45) is 0. The minimum Gasteiger partial charge on any atom is -0.139 e. The first-order valence-corrected chi connectivity index (χ1v) is 12.5. The molecule has 0 unspecified atom stereocenters. The molecule has 4 heteroatoms. The lowest BCUT2D eigenvalue weighted by atomic mass is 10.1. The van der Waals surface area contributed by atoms with Gasteiger partial charge in [-0.15, -0.1) is 45.3 Å². The molecular formula is C24H16S4. The molecule has 0 nitrogen and oxygen atoms in total. The second-order valence-corrected chi connectivity index (χ2v) is 12.4. The van der Waals surface area contributed by atoms with Crippen LogP contribution in [0.1, 0.15) is 41.8 Å². The lowest BCUT2D eigenvalue weighted by Gasteiger charge is -1.95. The van der Waals surface area contributed by atoms with Crippen molar-refractivity contribution in [2.75, 3.05) is 0 Å². The van der Waals surface area contributed by atoms with Crippen molar-refractivity contribution in [2.24, 2.45) is 0 Å². The van der Waals surface area contributed by atoms with Gasteiger partial charge in [0.15, 0.2) is 0 Å². The Labute approximate surface area is 180 Å². The molecule has 0 aliphatic heterocycles. The molecule has 0 fully saturated rings. The molecule has 6 rings (SSSR count). The second-order valence-electron chi connectivity index (χ2n) is 7.40. The van der Waals surface area contributed by atoms with Gasteiger partial charge >= 0.3 is 0 Å². The van der Waals surface area contributed by atoms with Gasteiger partial charge in [-0.3, -0.25) is 0 Å². The topological polar surface area (TPSA) is 0 Å². The standard InChI is InChI=1S/C24H16S4/c1-11-7-17-15(18-8-12(2)26-22(18)21(17)25-11)5-6-16-19-9-13(3)27-23(19)24-20(16)10-14(4)28-24/h7-10H,1-4H3. The van der Waals surface area contributed by atoms with Gasteiger partial charge in [0, 0.05) is 52.9 Å². The normalized spacial score (nSPS) is 13.3. The summed E-state index contributed by atoms with van der Waals surface area (Å²) in [7, 11) is 0. The predicted molar refractivity (Wildman–Crippen MR) is 126 cm³/mol. The third-order valence-electron chi connectivity index (χ3n) is 5.22. The Kier molecular flexibility index (Phi) is 3.53. The van der Waals surface area contributed by atoms with E-state index in [4.69, 9.17) is 0 Å². The molecule has 0 spiro atoms. The summed E-state index contributed by atoms with van der Waals surface area (Å²) >= 11 is 7.59. The first-order valence-electron chi connectivity index (χ1n) is 9.19. The summed E-state index contributed by atoms with van der Waals surface area (Å²) in [5.41, 5.74) is 15.0. The van der Waals surface area contributed by atoms with Crippen LogP contribution in [0.15, 0.2) is 35.7 Å². The molecule has 2 aliphatic rings. The van der Waals surface area contributed by atoms with Crippen LogP contribution in [0.2, 0.25) is 0 Å². The molecule has 4 aromatic rings. The van der Waals surface area contributed by atoms with E-state index in [-0.39, 0.29) is 0 Å². The van der Waals surface area contributed by atoms with Crippen molar-refractivity contribution in [3.05, 3.63) is 77.5 Å². The van der Waals surface area contributed by atoms with Crippen molar-refractivity contribution in [2.45, 2.75) is 27.7 Å². The zero-order chi connectivity index (χ0) is 19.2. The minimum atomic E-state index is 1.21. The van der Waals surface area contributed by atoms with Crippen LogP contribution in [0.4, 0.5) is 0 Å². The molecule has 0 radical (unpaired) electrons. The number of hydrogen-bond donors (Lipinski definition) is 0. The smallest absolute Gasteiger partial charge is 0.0537 e. The monoisotopic (exact) mass is 432 g/mol. The summed E-state index contributed by atoms with van der Waals surface area (Å²) in [6, 6.07) is 9.24. The SMILES string of the molecule is Cc1cc2c(s1)-c1sc(C)cc1C2=C=C=C1c2cc(C)sc2-c2sc(C)cc21. The van der Waals surface area contributed by atoms with Gasteiger partial charge in [-0.1, -0.05) is 11.5 Å². The number of thiophene rings is 4. The summed E-state index contributed by atoms with van der Waals surface area (Å²) in [6.45, 7) is 8.78. The van der Waals surface area contributed by atoms with Crippen molar-refractivity contribution >= 4 is 56.5 Å². The van der Waals surface area contributed by atoms with Gasteiger partial charge in [-0.2, -0.15) is 0 Å². The van der Waals surface area contributed by atoms with Crippen LogP contribution < -0.4 is 0 Å². The Morgan fingerprint density at radius 3 is 0.964 bits per heavy atom. The van der Waals surface area contributed by atoms with Gasteiger partial charge in [0.1, 0.15) is 0 Å². The average Bonchev–Trinajstić information content (AvgIpc) is 3.41. The molecule has 0 saturated carbocycles. The fraction of sp³-hybridized carbons (Fsp3) is 0.167. The summed E-state index contributed by atoms with van der Waals surface area (Å²) in [5.74, 6) is 0. The predicted octanol–water partition coefficient (Wildman–Crippen LogP) is 8.44. The summed E-state index contributed by atoms with van der Waals surface area (Å²) in [4.78, 5) is 11.1. The average molecular weight is 433 g/mol. The van der Waals surface area contributed by atoms with Gasteiger partial charge in [0.25, 0.3) is 0 Å². The number of fused-ring (bicyclic) bond motifs is 6. The first-order chi connectivity index (χ1) is 13.5. The summed E-state index contributed by atoms with van der Waals surface area (Å²) in [5, 5.41) is 0. The van der Waals surface area contributed by atoms with Crippen molar-refractivity contribution in [3.63, 3.8) is 0 Å². The van der Waals surface area contributed by atoms with Crippen molar-refractivity contribution in [3.8, 4) is 19.5 Å². The highest BCUT2D eigenvalue weighted by molar-refractivity contribution is 7.23. The molecule has 0 bridgehead atoms. The molecule has 2 aliphatic carbocycles. The van der Waals surface area contributed by atoms with Crippen LogP contribution in [-0.4, -0.2) is 0 Å². The van der Waals surface area contributed by atoms with Crippen LogP contribution in [0.5, 0.6) is 0 Å². The maximum absolute atomic E-state index is 3.62. The fourth-order valence-corrected chi connectivity index (χ4v) is 8.55. The zero-order valence-electron chi connectivity index (χ0n) is 15.9. The maximum Gasteiger partial charge on any atom is 0.0537 e. The molecule has 0 amide bonds. The van der Waals surface area contributed by atoms with E-state index >= 15 is 0 Å². The minimum absolute atomic E-state index is 1.21. The van der Waals surface area contributed by atoms with E-state index in [1.54, 1.807) is 0 Å². The molecule has 4 aromatic heterocycles. The van der Waals surface area contributed by atoms with Crippen LogP contribution in [0, 0.1) is 27.7 Å². The molecule has 4 heterocycles. The van der Waals surface area contributed by atoms with Crippen molar-refractivity contribution < 1.29 is 0 Å². The van der Waals surface area contributed by atoms with E-state index in [2.05, 4.69) is 63.4 Å². The highest BCUT2D eigenvalue weighted by Gasteiger charge is 2.29. The van der Waals surface area contributed by atoms with Crippen LogP contribution in [0.3, 0.4) is 0 Å². The van der Waals surface area contributed by atoms with E-state index < -0.39 is 0 Å². The lowest BCUT2D eigenvalue weighted by molar-refractivity contribution is 1.59. The van der Waals surface area contributed by atoms with Gasteiger partial charge in [0.2, 0.25) is 0 Å². The van der Waals surface area contributed by atoms with E-state index in [1.807, 2.05) is 45.3 Å². The Hall–Kier alpha value is -1.90. The maximum atomic E-state index is 3.62. The molecule has 136 valence electrons. The highest BCUT2D eigenvalue weighted by atomic mass is 32.1. The molecule has 28 heavy (non-hydrogen) atoms. The Morgan fingerprint density at radius 1 is 0.464 bits per heavy atom. The van der Waals surface area contributed by atoms with Crippen molar-refractivity contribution in [1.82, 2.24) is 0 Å². The molecule has 0 N–H and O–H groups in total. The molecule has 0 atom stereocenters. The van der Waals surface area contributed by atoms with Crippen LogP contribution in [0.25, 0.3) is 30.7 Å². The van der Waals surface area contributed by atoms with E-state index in [9.17, 15) is 0 Å². The highest BCUT2D eigenvalue weighted by Crippen LogP contribution is 2.53. The lowest BCUT2D eigenvalue weighted by Crippen LogP contribution is -1.77. The molecule has 0 aromatic carbocycles.